The maximum Gasteiger partial charge on any atom is 0.220 e. The Balaban J connectivity index is 2.59. The highest BCUT2D eigenvalue weighted by Gasteiger charge is 2.43. The van der Waals surface area contributed by atoms with Crippen molar-refractivity contribution in [3.05, 3.63) is 0 Å². The minimum Gasteiger partial charge on any atom is -0.388 e. The predicted octanol–water partition coefficient (Wildman–Crippen LogP) is -1.73. The maximum atomic E-state index is 11.5. The third-order valence-electron chi connectivity index (χ3n) is 2.94. The quantitative estimate of drug-likeness (QED) is 0.436. The zero-order chi connectivity index (χ0) is 13.7. The van der Waals surface area contributed by atoms with Crippen LogP contribution in [0, 0.1) is 0 Å². The monoisotopic (exact) mass is 260 g/mol. The number of aliphatic hydroxyl groups excluding tert-OH is 2. The van der Waals surface area contributed by atoms with Gasteiger partial charge >= 0.3 is 0 Å². The van der Waals surface area contributed by atoms with E-state index in [2.05, 4.69) is 5.32 Å². The molecular formula is C11H20N2O5. The highest BCUT2D eigenvalue weighted by Crippen LogP contribution is 2.17. The lowest BCUT2D eigenvalue weighted by molar-refractivity contribution is -0.182. The summed E-state index contributed by atoms with van der Waals surface area (Å²) in [4.78, 5) is 22.1. The molecule has 1 heterocycles. The number of nitrogens with one attached hydrogen (secondary N) is 1. The Hall–Kier alpha value is -1.02. The van der Waals surface area contributed by atoms with Gasteiger partial charge in [0, 0.05) is 6.42 Å². The van der Waals surface area contributed by atoms with Crippen molar-refractivity contribution in [3.63, 3.8) is 0 Å². The third kappa shape index (κ3) is 3.49. The standard InChI is InChI=1S/C11H20N2O5/c1-2-3-4-7(15)13-8-10(17)9(16)6(5-14)18-11(8)12/h5-6,8-11,16-17H,2-4,12H2,1H3,(H,13,15)/t6-,8-,9-,10-,11?/m1/s1. The van der Waals surface area contributed by atoms with Crippen LogP contribution in [0.25, 0.3) is 0 Å². The van der Waals surface area contributed by atoms with Crippen molar-refractivity contribution in [1.29, 1.82) is 0 Å². The van der Waals surface area contributed by atoms with Gasteiger partial charge < -0.3 is 30.8 Å². The first-order valence-electron chi connectivity index (χ1n) is 6.03. The van der Waals surface area contributed by atoms with Gasteiger partial charge in [-0.1, -0.05) is 13.3 Å². The normalized spacial score (nSPS) is 36.1. The number of amides is 1. The molecule has 18 heavy (non-hydrogen) atoms. The highest BCUT2D eigenvalue weighted by molar-refractivity contribution is 5.76. The zero-order valence-corrected chi connectivity index (χ0v) is 10.3. The predicted molar refractivity (Wildman–Crippen MR) is 62.4 cm³/mol. The molecule has 1 fully saturated rings. The van der Waals surface area contributed by atoms with Crippen molar-refractivity contribution in [3.8, 4) is 0 Å². The number of carbonyl (C=O) groups is 2. The second-order valence-electron chi connectivity index (χ2n) is 4.38. The summed E-state index contributed by atoms with van der Waals surface area (Å²) in [5.41, 5.74) is 5.61. The van der Waals surface area contributed by atoms with E-state index in [1.807, 2.05) is 6.92 Å². The van der Waals surface area contributed by atoms with Crippen LogP contribution in [0.5, 0.6) is 0 Å². The average molecular weight is 260 g/mol. The summed E-state index contributed by atoms with van der Waals surface area (Å²) in [5, 5.41) is 21.9. The molecule has 0 aromatic heterocycles. The van der Waals surface area contributed by atoms with E-state index in [9.17, 15) is 19.8 Å². The van der Waals surface area contributed by atoms with E-state index in [4.69, 9.17) is 10.5 Å². The topological polar surface area (TPSA) is 122 Å². The molecule has 7 nitrogen and oxygen atoms in total. The van der Waals surface area contributed by atoms with Crippen molar-refractivity contribution < 1.29 is 24.5 Å². The van der Waals surface area contributed by atoms with Gasteiger partial charge in [-0.15, -0.1) is 0 Å². The second-order valence-corrected chi connectivity index (χ2v) is 4.38. The molecule has 5 atom stereocenters. The van der Waals surface area contributed by atoms with Crippen LogP contribution in [0.15, 0.2) is 0 Å². The van der Waals surface area contributed by atoms with E-state index in [-0.39, 0.29) is 5.91 Å². The molecule has 1 unspecified atom stereocenters. The Morgan fingerprint density at radius 3 is 2.67 bits per heavy atom. The minimum absolute atomic E-state index is 0.267. The first kappa shape index (κ1) is 15.0. The van der Waals surface area contributed by atoms with Crippen LogP contribution in [0.4, 0.5) is 0 Å². The molecule has 1 aliphatic heterocycles. The van der Waals surface area contributed by atoms with E-state index in [1.54, 1.807) is 0 Å². The van der Waals surface area contributed by atoms with Crippen molar-refractivity contribution in [1.82, 2.24) is 5.32 Å². The average Bonchev–Trinajstić information content (AvgIpc) is 2.36. The number of carbonyl (C=O) groups excluding carboxylic acids is 2. The molecule has 104 valence electrons. The Bertz CT molecular complexity index is 299. The van der Waals surface area contributed by atoms with Crippen LogP contribution in [0.3, 0.4) is 0 Å². The number of ether oxygens (including phenoxy) is 1. The van der Waals surface area contributed by atoms with Crippen LogP contribution in [-0.2, 0) is 14.3 Å². The summed E-state index contributed by atoms with van der Waals surface area (Å²) in [5.74, 6) is -0.267. The number of rotatable bonds is 5. The Morgan fingerprint density at radius 1 is 1.44 bits per heavy atom. The molecular weight excluding hydrogens is 240 g/mol. The van der Waals surface area contributed by atoms with Gasteiger partial charge in [-0.2, -0.15) is 0 Å². The molecule has 0 radical (unpaired) electrons. The molecule has 5 N–H and O–H groups in total. The summed E-state index contributed by atoms with van der Waals surface area (Å²) < 4.78 is 5.02. The molecule has 0 saturated carbocycles. The maximum absolute atomic E-state index is 11.5. The van der Waals surface area contributed by atoms with Gasteiger partial charge in [-0.05, 0) is 6.42 Å². The number of nitrogens with two attached hydrogens (primary N) is 1. The van der Waals surface area contributed by atoms with E-state index in [0.29, 0.717) is 12.7 Å². The van der Waals surface area contributed by atoms with Gasteiger partial charge in [-0.3, -0.25) is 4.79 Å². The third-order valence-corrected chi connectivity index (χ3v) is 2.94. The second kappa shape index (κ2) is 6.79. The van der Waals surface area contributed by atoms with E-state index in [1.165, 1.54) is 0 Å². The molecule has 0 spiro atoms. The van der Waals surface area contributed by atoms with Crippen molar-refractivity contribution >= 4 is 12.2 Å². The van der Waals surface area contributed by atoms with Gasteiger partial charge in [0.25, 0.3) is 0 Å². The molecule has 7 heteroatoms. The molecule has 1 saturated heterocycles. The number of hydrogen-bond acceptors (Lipinski definition) is 6. The van der Waals surface area contributed by atoms with Crippen LogP contribution in [0.2, 0.25) is 0 Å². The fraction of sp³-hybridized carbons (Fsp3) is 0.818. The summed E-state index contributed by atoms with van der Waals surface area (Å²) in [6.45, 7) is 1.95. The summed E-state index contributed by atoms with van der Waals surface area (Å²) in [7, 11) is 0. The first-order chi connectivity index (χ1) is 8.51. The SMILES string of the molecule is CCCCC(=O)N[C@H]1C(N)O[C@H](C=O)[C@@H](O)[C@@H]1O. The molecule has 1 aliphatic rings. The lowest BCUT2D eigenvalue weighted by Crippen LogP contribution is -2.66. The van der Waals surface area contributed by atoms with Crippen molar-refractivity contribution in [2.45, 2.75) is 56.8 Å². The fourth-order valence-electron chi connectivity index (χ4n) is 1.82. The fourth-order valence-corrected chi connectivity index (χ4v) is 1.82. The Morgan fingerprint density at radius 2 is 2.11 bits per heavy atom. The van der Waals surface area contributed by atoms with Crippen LogP contribution < -0.4 is 11.1 Å². The summed E-state index contributed by atoms with van der Waals surface area (Å²) >= 11 is 0. The molecule has 0 aromatic rings. The Kier molecular flexibility index (Phi) is 5.67. The number of hydrogen-bond donors (Lipinski definition) is 4. The lowest BCUT2D eigenvalue weighted by Gasteiger charge is -2.39. The van der Waals surface area contributed by atoms with Gasteiger partial charge in [-0.25, -0.2) is 0 Å². The molecule has 1 amide bonds. The van der Waals surface area contributed by atoms with E-state index >= 15 is 0 Å². The number of unbranched alkanes of at least 4 members (excludes halogenated alkanes) is 1. The van der Waals surface area contributed by atoms with E-state index < -0.39 is 30.6 Å². The van der Waals surface area contributed by atoms with Crippen LogP contribution in [-0.4, -0.2) is 53.0 Å². The van der Waals surface area contributed by atoms with Crippen LogP contribution >= 0.6 is 0 Å². The largest absolute Gasteiger partial charge is 0.388 e. The molecule has 1 rings (SSSR count). The van der Waals surface area contributed by atoms with Crippen molar-refractivity contribution in [2.24, 2.45) is 5.73 Å². The molecule has 0 aromatic carbocycles. The van der Waals surface area contributed by atoms with E-state index in [0.717, 1.165) is 12.8 Å². The highest BCUT2D eigenvalue weighted by atomic mass is 16.5. The van der Waals surface area contributed by atoms with Crippen molar-refractivity contribution in [2.75, 3.05) is 0 Å². The number of aldehydes is 1. The summed E-state index contributed by atoms with van der Waals surface area (Å²) in [6.07, 6.45) is -2.61. The lowest BCUT2D eigenvalue weighted by atomic mass is 9.96. The van der Waals surface area contributed by atoms with Gasteiger partial charge in [0.1, 0.15) is 24.5 Å². The molecule has 0 aliphatic carbocycles. The van der Waals surface area contributed by atoms with Gasteiger partial charge in [0.05, 0.1) is 6.04 Å². The van der Waals surface area contributed by atoms with Crippen LogP contribution in [0.1, 0.15) is 26.2 Å². The number of aliphatic hydroxyl groups is 2. The smallest absolute Gasteiger partial charge is 0.220 e. The molecule has 0 bridgehead atoms. The first-order valence-corrected chi connectivity index (χ1v) is 6.03. The summed E-state index contributed by atoms with van der Waals surface area (Å²) in [6, 6.07) is -0.916. The van der Waals surface area contributed by atoms with Gasteiger partial charge in [0.2, 0.25) is 5.91 Å². The van der Waals surface area contributed by atoms with Gasteiger partial charge in [0.15, 0.2) is 6.29 Å². The minimum atomic E-state index is -1.39. The Labute approximate surface area is 105 Å². The zero-order valence-electron chi connectivity index (χ0n) is 10.3.